The number of aryl methyl sites for hydroxylation is 1. The number of benzene rings is 10. The minimum Gasteiger partial charge on any atom is -0.333 e. The molecule has 0 radical (unpaired) electrons. The number of imidazole rings is 2. The van der Waals surface area contributed by atoms with Crippen molar-refractivity contribution in [2.45, 2.75) is 85.9 Å². The first kappa shape index (κ1) is 47.9. The molecule has 0 aliphatic rings. The van der Waals surface area contributed by atoms with Crippen molar-refractivity contribution < 1.29 is 28.8 Å². The second-order valence-corrected chi connectivity index (χ2v) is 22.4. The van der Waals surface area contributed by atoms with Crippen LogP contribution in [0, 0.1) is 19.0 Å². The fourth-order valence-electron chi connectivity index (χ4n) is 11.3. The number of aromatic nitrogens is 4. The molecule has 0 unspecified atom stereocenters. The van der Waals surface area contributed by atoms with Crippen LogP contribution in [0.25, 0.3) is 109 Å². The maximum Gasteiger partial charge on any atom is 3.00 e. The molecule has 0 amide bonds. The minimum atomic E-state index is -2.32. The van der Waals surface area contributed by atoms with Crippen LogP contribution >= 0.6 is 11.3 Å². The Morgan fingerprint density at radius 2 is 1.25 bits per heavy atom. The summed E-state index contributed by atoms with van der Waals surface area (Å²) in [5.74, 6) is 3.00. The second kappa shape index (κ2) is 21.2. The van der Waals surface area contributed by atoms with Gasteiger partial charge in [0.1, 0.15) is 0 Å². The molecule has 77 heavy (non-hydrogen) atoms. The van der Waals surface area contributed by atoms with Gasteiger partial charge in [0.05, 0.1) is 33.7 Å². The van der Waals surface area contributed by atoms with E-state index >= 15 is 0 Å². The SMILES string of the molecule is CC(C)c1cccc(C(C)C)c1-n1c(-c2[c-]cccc2)nc2ccccc21.[2H]C([2H])([2H])c1c[c-]c(-c2[n-]c3ccccc3[n+]2-c2c(C(C)C)cc(-c3ccccc3)cc2C(C)C)c2sc3cc4c(ccc5ccccc54)cc3c12.[Ir+3]. The number of rotatable bonds is 9. The predicted molar refractivity (Wildman–Crippen MR) is 323 cm³/mol. The molecular weight excluding hydrogens is 1130 g/mol. The second-order valence-electron chi connectivity index (χ2n) is 21.3. The van der Waals surface area contributed by atoms with Crippen molar-refractivity contribution in [3.05, 3.63) is 228 Å². The van der Waals surface area contributed by atoms with Gasteiger partial charge in [-0.15, -0.1) is 53.6 Å². The molecule has 0 spiro atoms. The molecule has 0 saturated carbocycles. The number of hydrogen-bond acceptors (Lipinski definition) is 2. The van der Waals surface area contributed by atoms with Crippen molar-refractivity contribution in [3.8, 4) is 45.3 Å². The molecule has 6 heteroatoms. The summed E-state index contributed by atoms with van der Waals surface area (Å²) in [5.41, 5.74) is 16.1. The van der Waals surface area contributed by atoms with Gasteiger partial charge in [0, 0.05) is 20.2 Å². The first-order valence-corrected chi connectivity index (χ1v) is 27.5. The van der Waals surface area contributed by atoms with Crippen LogP contribution in [0.1, 0.15) is 111 Å². The van der Waals surface area contributed by atoms with E-state index in [1.807, 2.05) is 24.3 Å². The van der Waals surface area contributed by atoms with E-state index in [1.165, 1.54) is 49.8 Å². The summed E-state index contributed by atoms with van der Waals surface area (Å²) < 4.78 is 32.5. The van der Waals surface area contributed by atoms with E-state index < -0.39 is 6.85 Å². The molecule has 10 aromatic carbocycles. The summed E-state index contributed by atoms with van der Waals surface area (Å²) in [4.78, 5) is 10.3. The third-order valence-corrected chi connectivity index (χ3v) is 16.2. The summed E-state index contributed by atoms with van der Waals surface area (Å²) >= 11 is 1.64. The van der Waals surface area contributed by atoms with Gasteiger partial charge in [-0.05, 0) is 137 Å². The van der Waals surface area contributed by atoms with Crippen LogP contribution in [0.4, 0.5) is 0 Å². The van der Waals surface area contributed by atoms with Crippen LogP contribution in [0.3, 0.4) is 0 Å². The van der Waals surface area contributed by atoms with Gasteiger partial charge < -0.3 is 9.13 Å². The first-order valence-electron chi connectivity index (χ1n) is 28.2. The van der Waals surface area contributed by atoms with Gasteiger partial charge in [0.25, 0.3) is 0 Å². The minimum absolute atomic E-state index is 0. The third kappa shape index (κ3) is 9.20. The maximum atomic E-state index is 8.62. The summed E-state index contributed by atoms with van der Waals surface area (Å²) in [7, 11) is 0. The van der Waals surface area contributed by atoms with Crippen LogP contribution in [0.5, 0.6) is 0 Å². The largest absolute Gasteiger partial charge is 3.00 e. The fraction of sp³-hybridized carbons (Fsp3) is 0.183. The van der Waals surface area contributed by atoms with Crippen LogP contribution in [-0.4, -0.2) is 9.55 Å². The molecule has 3 aromatic heterocycles. The fourth-order valence-corrected chi connectivity index (χ4v) is 12.5. The van der Waals surface area contributed by atoms with Crippen molar-refractivity contribution in [1.82, 2.24) is 14.5 Å². The van der Waals surface area contributed by atoms with E-state index in [9.17, 15) is 0 Å². The zero-order chi connectivity index (χ0) is 54.9. The molecule has 0 saturated heterocycles. The van der Waals surface area contributed by atoms with Crippen molar-refractivity contribution in [1.29, 1.82) is 0 Å². The van der Waals surface area contributed by atoms with E-state index in [0.717, 1.165) is 81.5 Å². The predicted octanol–water partition coefficient (Wildman–Crippen LogP) is 19.2. The smallest absolute Gasteiger partial charge is 0.333 e. The average Bonchev–Trinajstić information content (AvgIpc) is 4.19. The molecule has 0 fully saturated rings. The van der Waals surface area contributed by atoms with Crippen LogP contribution < -0.4 is 9.55 Å². The van der Waals surface area contributed by atoms with Gasteiger partial charge in [-0.25, -0.2) is 0 Å². The molecule has 0 bridgehead atoms. The van der Waals surface area contributed by atoms with Crippen molar-refractivity contribution in [3.63, 3.8) is 0 Å². The van der Waals surface area contributed by atoms with Gasteiger partial charge in [-0.1, -0.05) is 182 Å². The standard InChI is InChI=1S/C46H37N2S.C25H25N2.Ir/c1-27(2)36-24-33(30-13-7-6-8-14-30)25-37(28(3)4)44(36)48-41-18-12-11-17-40(41)47-46(48)35-22-19-29(5)43-39-23-32-21-20-31-15-9-10-16-34(31)38(32)26-42(39)49-45(35)43;1-17(2)20-13-10-14-21(18(3)4)24(20)27-23-16-9-8-15-22(23)26-25(27)19-11-6-5-7-12-19;/h6-21,23-28H,1-5H3;5-11,13-18H,1-4H3;/q2*-1;+3/i5D3;;. The monoisotopic (exact) mass is 1200 g/mol. The summed E-state index contributed by atoms with van der Waals surface area (Å²) in [5, 5.41) is 6.32. The Hall–Kier alpha value is -7.47. The molecule has 380 valence electrons. The van der Waals surface area contributed by atoms with E-state index in [0.29, 0.717) is 17.4 Å². The molecule has 13 aromatic rings. The van der Waals surface area contributed by atoms with Crippen LogP contribution in [-0.2, 0) is 20.1 Å². The quantitative estimate of drug-likeness (QED) is 0.0820. The van der Waals surface area contributed by atoms with Crippen molar-refractivity contribution in [2.24, 2.45) is 0 Å². The molecule has 0 N–H and O–H groups in total. The Kier molecular flexibility index (Phi) is 13.2. The van der Waals surface area contributed by atoms with Gasteiger partial charge in [-0.3, -0.25) is 9.97 Å². The Balaban J connectivity index is 0.000000203. The van der Waals surface area contributed by atoms with Gasteiger partial charge in [0.2, 0.25) is 0 Å². The normalized spacial score (nSPS) is 12.5. The first-order chi connectivity index (χ1) is 38.2. The Morgan fingerprint density at radius 1 is 0.584 bits per heavy atom. The van der Waals surface area contributed by atoms with Gasteiger partial charge in [0.15, 0.2) is 0 Å². The number of fused-ring (bicyclic) bond motifs is 8. The average molecular weight is 1200 g/mol. The Labute approximate surface area is 474 Å². The topological polar surface area (TPSA) is 35.8 Å². The summed E-state index contributed by atoms with van der Waals surface area (Å²) in [6.07, 6.45) is 0. The Morgan fingerprint density at radius 3 is 1.96 bits per heavy atom. The molecule has 0 aliphatic carbocycles. The van der Waals surface area contributed by atoms with Crippen molar-refractivity contribution >= 4 is 75.1 Å². The number of para-hydroxylation sites is 5. The number of hydrogen-bond donors (Lipinski definition) is 0. The van der Waals surface area contributed by atoms with E-state index in [-0.39, 0.29) is 31.9 Å². The van der Waals surface area contributed by atoms with Gasteiger partial charge >= 0.3 is 20.1 Å². The molecule has 3 heterocycles. The summed E-state index contributed by atoms with van der Waals surface area (Å²) in [6, 6.07) is 72.4. The van der Waals surface area contributed by atoms with E-state index in [4.69, 9.17) is 14.1 Å². The molecular formula is C71H62IrN4S+. The van der Waals surface area contributed by atoms with Gasteiger partial charge in [-0.2, -0.15) is 11.3 Å². The van der Waals surface area contributed by atoms with Crippen LogP contribution in [0.15, 0.2) is 188 Å². The molecule has 0 atom stereocenters. The molecule has 0 aliphatic heterocycles. The molecule has 13 rings (SSSR count). The zero-order valence-corrected chi connectivity index (χ0v) is 47.9. The van der Waals surface area contributed by atoms with E-state index in [1.54, 1.807) is 17.4 Å². The zero-order valence-electron chi connectivity index (χ0n) is 47.7. The maximum absolute atomic E-state index is 8.62. The Bertz CT molecular complexity index is 4380. The number of nitrogens with zero attached hydrogens (tertiary/aromatic N) is 4. The number of thiophene rings is 1. The molecule has 4 nitrogen and oxygen atoms in total. The third-order valence-electron chi connectivity index (χ3n) is 15.0. The van der Waals surface area contributed by atoms with Crippen LogP contribution in [0.2, 0.25) is 0 Å². The van der Waals surface area contributed by atoms with E-state index in [2.05, 4.69) is 234 Å². The van der Waals surface area contributed by atoms with Crippen molar-refractivity contribution in [2.75, 3.05) is 0 Å². The summed E-state index contributed by atoms with van der Waals surface area (Å²) in [6.45, 7) is 15.7.